The van der Waals surface area contributed by atoms with Crippen LogP contribution in [0.25, 0.3) is 0 Å². The first kappa shape index (κ1) is 11.0. The topological polar surface area (TPSA) is 12.0 Å². The molecule has 0 aliphatic carbocycles. The summed E-state index contributed by atoms with van der Waals surface area (Å²) in [7, 11) is 0. The van der Waals surface area contributed by atoms with Gasteiger partial charge in [0.25, 0.3) is 0 Å². The monoisotopic (exact) mass is 289 g/mol. The molecule has 0 heterocycles. The van der Waals surface area contributed by atoms with E-state index in [9.17, 15) is 0 Å². The lowest BCUT2D eigenvalue weighted by atomic mass is 10.1. The third-order valence-corrected chi connectivity index (χ3v) is 2.67. The Labute approximate surface area is 94.1 Å². The van der Waals surface area contributed by atoms with Gasteiger partial charge in [0.1, 0.15) is 0 Å². The molecule has 72 valence electrons. The first-order valence-electron chi connectivity index (χ1n) is 4.61. The minimum Gasteiger partial charge on any atom is -0.308 e. The zero-order valence-electron chi connectivity index (χ0n) is 8.34. The van der Waals surface area contributed by atoms with Crippen molar-refractivity contribution in [3.05, 3.63) is 33.4 Å². The van der Waals surface area contributed by atoms with Gasteiger partial charge in [-0.1, -0.05) is 26.0 Å². The van der Waals surface area contributed by atoms with Crippen molar-refractivity contribution in [3.8, 4) is 0 Å². The minimum absolute atomic E-state index is 0.442. The molecule has 1 rings (SSSR count). The molecule has 1 atom stereocenters. The Hall–Kier alpha value is -0.0900. The zero-order chi connectivity index (χ0) is 9.84. The maximum atomic E-state index is 3.48. The van der Waals surface area contributed by atoms with Gasteiger partial charge in [-0.15, -0.1) is 0 Å². The number of hydrogen-bond acceptors (Lipinski definition) is 1. The van der Waals surface area contributed by atoms with Crippen LogP contribution in [0.2, 0.25) is 0 Å². The first-order valence-corrected chi connectivity index (χ1v) is 5.69. The standard InChI is InChI=1S/C11H16IN/c1-8(2)13-9(3)10-4-6-11(12)7-5-10/h4-9,13H,1-3H3/t9-/m0/s1. The molecule has 1 nitrogen and oxygen atoms in total. The zero-order valence-corrected chi connectivity index (χ0v) is 10.5. The first-order chi connectivity index (χ1) is 6.09. The van der Waals surface area contributed by atoms with Crippen molar-refractivity contribution in [2.45, 2.75) is 32.9 Å². The lowest BCUT2D eigenvalue weighted by molar-refractivity contribution is 0.506. The molecule has 0 fully saturated rings. The van der Waals surface area contributed by atoms with Gasteiger partial charge in [0, 0.05) is 15.7 Å². The molecule has 0 aliphatic rings. The SMILES string of the molecule is CC(C)N[C@@H](C)c1ccc(I)cc1. The van der Waals surface area contributed by atoms with Crippen molar-refractivity contribution >= 4 is 22.6 Å². The van der Waals surface area contributed by atoms with E-state index in [1.807, 2.05) is 0 Å². The van der Waals surface area contributed by atoms with Gasteiger partial charge in [-0.05, 0) is 47.2 Å². The highest BCUT2D eigenvalue weighted by Crippen LogP contribution is 2.14. The fourth-order valence-electron chi connectivity index (χ4n) is 1.35. The molecular formula is C11H16IN. The minimum atomic E-state index is 0.442. The van der Waals surface area contributed by atoms with E-state index in [1.54, 1.807) is 0 Å². The highest BCUT2D eigenvalue weighted by atomic mass is 127. The fraction of sp³-hybridized carbons (Fsp3) is 0.455. The van der Waals surface area contributed by atoms with E-state index in [2.05, 4.69) is 72.9 Å². The molecule has 0 spiro atoms. The molecule has 0 saturated heterocycles. The summed E-state index contributed by atoms with van der Waals surface area (Å²) in [6.45, 7) is 6.54. The molecule has 1 aromatic carbocycles. The summed E-state index contributed by atoms with van der Waals surface area (Å²) < 4.78 is 1.29. The maximum Gasteiger partial charge on any atom is 0.0294 e. The van der Waals surface area contributed by atoms with Crippen LogP contribution in [0.4, 0.5) is 0 Å². The van der Waals surface area contributed by atoms with E-state index in [1.165, 1.54) is 9.13 Å². The Morgan fingerprint density at radius 3 is 2.08 bits per heavy atom. The predicted molar refractivity (Wildman–Crippen MR) is 65.8 cm³/mol. The third kappa shape index (κ3) is 3.65. The lowest BCUT2D eigenvalue weighted by Gasteiger charge is -2.17. The van der Waals surface area contributed by atoms with Crippen molar-refractivity contribution in [1.82, 2.24) is 5.32 Å². The van der Waals surface area contributed by atoms with E-state index in [-0.39, 0.29) is 0 Å². The highest BCUT2D eigenvalue weighted by molar-refractivity contribution is 14.1. The van der Waals surface area contributed by atoms with Crippen molar-refractivity contribution < 1.29 is 0 Å². The van der Waals surface area contributed by atoms with E-state index in [0.717, 1.165) is 0 Å². The second-order valence-electron chi connectivity index (χ2n) is 3.59. The van der Waals surface area contributed by atoms with Crippen LogP contribution in [-0.2, 0) is 0 Å². The average Bonchev–Trinajstić information content (AvgIpc) is 2.04. The van der Waals surface area contributed by atoms with E-state index >= 15 is 0 Å². The number of benzene rings is 1. The molecule has 13 heavy (non-hydrogen) atoms. The van der Waals surface area contributed by atoms with E-state index in [0.29, 0.717) is 12.1 Å². The van der Waals surface area contributed by atoms with Gasteiger partial charge >= 0.3 is 0 Å². The second-order valence-corrected chi connectivity index (χ2v) is 4.84. The highest BCUT2D eigenvalue weighted by Gasteiger charge is 2.05. The molecule has 0 aliphatic heterocycles. The average molecular weight is 289 g/mol. The summed E-state index contributed by atoms with van der Waals surface area (Å²) in [5.74, 6) is 0. The van der Waals surface area contributed by atoms with Crippen LogP contribution in [0.1, 0.15) is 32.4 Å². The molecule has 1 aromatic rings. The van der Waals surface area contributed by atoms with Gasteiger partial charge in [0.2, 0.25) is 0 Å². The van der Waals surface area contributed by atoms with Gasteiger partial charge in [-0.3, -0.25) is 0 Å². The molecule has 0 aromatic heterocycles. The van der Waals surface area contributed by atoms with Crippen LogP contribution < -0.4 is 5.32 Å². The molecule has 0 radical (unpaired) electrons. The maximum absolute atomic E-state index is 3.48. The third-order valence-electron chi connectivity index (χ3n) is 1.95. The van der Waals surface area contributed by atoms with Gasteiger partial charge in [0.05, 0.1) is 0 Å². The number of nitrogens with one attached hydrogen (secondary N) is 1. The Bertz CT molecular complexity index is 253. The molecule has 0 saturated carbocycles. The molecular weight excluding hydrogens is 273 g/mol. The van der Waals surface area contributed by atoms with Crippen LogP contribution in [0.5, 0.6) is 0 Å². The second kappa shape index (κ2) is 4.96. The normalized spacial score (nSPS) is 13.3. The Kier molecular flexibility index (Phi) is 4.19. The summed E-state index contributed by atoms with van der Waals surface area (Å²) in [5, 5.41) is 3.48. The largest absolute Gasteiger partial charge is 0.308 e. The number of rotatable bonds is 3. The number of halogens is 1. The number of hydrogen-bond donors (Lipinski definition) is 1. The van der Waals surface area contributed by atoms with E-state index < -0.39 is 0 Å². The molecule has 0 amide bonds. The predicted octanol–water partition coefficient (Wildman–Crippen LogP) is 3.35. The van der Waals surface area contributed by atoms with Crippen LogP contribution in [0.15, 0.2) is 24.3 Å². The lowest BCUT2D eigenvalue weighted by Crippen LogP contribution is -2.25. The molecule has 1 N–H and O–H groups in total. The van der Waals surface area contributed by atoms with Crippen molar-refractivity contribution in [1.29, 1.82) is 0 Å². The summed E-state index contributed by atoms with van der Waals surface area (Å²) in [4.78, 5) is 0. The van der Waals surface area contributed by atoms with Crippen LogP contribution in [0.3, 0.4) is 0 Å². The summed E-state index contributed by atoms with van der Waals surface area (Å²) >= 11 is 2.32. The molecule has 0 bridgehead atoms. The van der Waals surface area contributed by atoms with Crippen molar-refractivity contribution in [3.63, 3.8) is 0 Å². The summed E-state index contributed by atoms with van der Waals surface area (Å²) in [5.41, 5.74) is 1.36. The summed E-state index contributed by atoms with van der Waals surface area (Å²) in [6, 6.07) is 9.64. The van der Waals surface area contributed by atoms with Gasteiger partial charge < -0.3 is 5.32 Å². The molecule has 2 heteroatoms. The van der Waals surface area contributed by atoms with Gasteiger partial charge in [0.15, 0.2) is 0 Å². The fourth-order valence-corrected chi connectivity index (χ4v) is 1.71. The van der Waals surface area contributed by atoms with Crippen molar-refractivity contribution in [2.75, 3.05) is 0 Å². The smallest absolute Gasteiger partial charge is 0.0294 e. The van der Waals surface area contributed by atoms with Crippen molar-refractivity contribution in [2.24, 2.45) is 0 Å². The van der Waals surface area contributed by atoms with Crippen LogP contribution in [-0.4, -0.2) is 6.04 Å². The Morgan fingerprint density at radius 2 is 1.62 bits per heavy atom. The van der Waals surface area contributed by atoms with Gasteiger partial charge in [-0.2, -0.15) is 0 Å². The Balaban J connectivity index is 2.66. The Morgan fingerprint density at radius 1 is 1.08 bits per heavy atom. The van der Waals surface area contributed by atoms with Gasteiger partial charge in [-0.25, -0.2) is 0 Å². The van der Waals surface area contributed by atoms with Crippen LogP contribution in [0, 0.1) is 3.57 Å². The van der Waals surface area contributed by atoms with Crippen LogP contribution >= 0.6 is 22.6 Å². The molecule has 0 unspecified atom stereocenters. The summed E-state index contributed by atoms with van der Waals surface area (Å²) in [6.07, 6.45) is 0. The quantitative estimate of drug-likeness (QED) is 0.841. The van der Waals surface area contributed by atoms with E-state index in [4.69, 9.17) is 0 Å².